The van der Waals surface area contributed by atoms with Crippen molar-refractivity contribution in [2.24, 2.45) is 0 Å². The van der Waals surface area contributed by atoms with Crippen molar-refractivity contribution < 1.29 is 4.79 Å². The molecule has 0 atom stereocenters. The lowest BCUT2D eigenvalue weighted by atomic mass is 10.00. The van der Waals surface area contributed by atoms with E-state index in [0.717, 1.165) is 19.3 Å². The van der Waals surface area contributed by atoms with Crippen molar-refractivity contribution in [1.29, 1.82) is 0 Å². The van der Waals surface area contributed by atoms with Crippen LogP contribution in [0, 0.1) is 0 Å². The molecule has 0 saturated carbocycles. The maximum absolute atomic E-state index is 12.1. The largest absolute Gasteiger partial charge is 0.348 e. The van der Waals surface area contributed by atoms with Crippen molar-refractivity contribution in [3.05, 3.63) is 58.3 Å². The first-order valence-electron chi connectivity index (χ1n) is 7.70. The fourth-order valence-electron chi connectivity index (χ4n) is 2.56. The Kier molecular flexibility index (Phi) is 4.61. The monoisotopic (exact) mass is 310 g/mol. The maximum Gasteiger partial charge on any atom is 0.264 e. The van der Waals surface area contributed by atoms with E-state index in [1.807, 2.05) is 0 Å². The predicted octanol–water partition coefficient (Wildman–Crippen LogP) is 2.06. The highest BCUT2D eigenvalue weighted by molar-refractivity contribution is 5.93. The van der Waals surface area contributed by atoms with Crippen molar-refractivity contribution in [2.75, 3.05) is 6.54 Å². The van der Waals surface area contributed by atoms with Gasteiger partial charge >= 0.3 is 0 Å². The predicted molar refractivity (Wildman–Crippen MR) is 87.0 cm³/mol. The molecular weight excluding hydrogens is 292 g/mol. The van der Waals surface area contributed by atoms with Crippen LogP contribution in [0.25, 0.3) is 11.4 Å². The molecule has 1 amide bonds. The van der Waals surface area contributed by atoms with Crippen LogP contribution in [0.4, 0.5) is 0 Å². The number of nitrogens with one attached hydrogen (secondary N) is 2. The Morgan fingerprint density at radius 2 is 2.22 bits per heavy atom. The van der Waals surface area contributed by atoms with Crippen LogP contribution in [0.5, 0.6) is 0 Å². The highest BCUT2D eigenvalue weighted by atomic mass is 16.2. The zero-order valence-corrected chi connectivity index (χ0v) is 12.7. The molecule has 0 unspecified atom stereocenters. The molecule has 2 heterocycles. The third-order valence-corrected chi connectivity index (χ3v) is 3.84. The molecule has 1 aliphatic rings. The van der Waals surface area contributed by atoms with Gasteiger partial charge in [-0.2, -0.15) is 0 Å². The Morgan fingerprint density at radius 1 is 1.30 bits per heavy atom. The zero-order chi connectivity index (χ0) is 16.1. The molecule has 0 saturated heterocycles. The number of allylic oxidation sites excluding steroid dienone is 1. The fraction of sp³-hybridized carbons (Fsp3) is 0.294. The summed E-state index contributed by atoms with van der Waals surface area (Å²) in [6, 6.07) is 3.55. The van der Waals surface area contributed by atoms with Crippen molar-refractivity contribution in [3.63, 3.8) is 0 Å². The Labute approximate surface area is 133 Å². The molecule has 6 nitrogen and oxygen atoms in total. The summed E-state index contributed by atoms with van der Waals surface area (Å²) in [6.07, 6.45) is 11.2. The Morgan fingerprint density at radius 3 is 2.91 bits per heavy atom. The molecule has 0 spiro atoms. The lowest BCUT2D eigenvalue weighted by molar-refractivity contribution is 0.0954. The molecule has 0 fully saturated rings. The molecule has 0 aliphatic heterocycles. The SMILES string of the molecule is O=C(NCC1=CCCCC1)c1cnc(-c2cccnc2)[nH]c1=O. The number of hydrogen-bond acceptors (Lipinski definition) is 4. The number of hydrogen-bond donors (Lipinski definition) is 2. The van der Waals surface area contributed by atoms with Crippen molar-refractivity contribution in [1.82, 2.24) is 20.3 Å². The van der Waals surface area contributed by atoms with E-state index in [4.69, 9.17) is 0 Å². The minimum Gasteiger partial charge on any atom is -0.348 e. The van der Waals surface area contributed by atoms with Gasteiger partial charge in [0, 0.05) is 30.7 Å². The van der Waals surface area contributed by atoms with Gasteiger partial charge in [0.2, 0.25) is 0 Å². The van der Waals surface area contributed by atoms with Crippen LogP contribution in [0.3, 0.4) is 0 Å². The summed E-state index contributed by atoms with van der Waals surface area (Å²) in [5.41, 5.74) is 1.49. The van der Waals surface area contributed by atoms with Crippen LogP contribution in [-0.4, -0.2) is 27.4 Å². The summed E-state index contributed by atoms with van der Waals surface area (Å²) in [4.78, 5) is 35.0. The molecule has 2 aromatic rings. The normalized spacial score (nSPS) is 14.2. The van der Waals surface area contributed by atoms with Crippen LogP contribution in [0.15, 0.2) is 47.2 Å². The van der Waals surface area contributed by atoms with Crippen LogP contribution >= 0.6 is 0 Å². The van der Waals surface area contributed by atoms with Gasteiger partial charge in [0.15, 0.2) is 0 Å². The molecule has 118 valence electrons. The second kappa shape index (κ2) is 7.00. The van der Waals surface area contributed by atoms with Gasteiger partial charge in [-0.25, -0.2) is 4.98 Å². The number of amides is 1. The average Bonchev–Trinajstić information content (AvgIpc) is 2.61. The molecular formula is C17H18N4O2. The molecule has 0 bridgehead atoms. The number of nitrogens with zero attached hydrogens (tertiary/aromatic N) is 2. The van der Waals surface area contributed by atoms with Gasteiger partial charge in [0.25, 0.3) is 11.5 Å². The average molecular weight is 310 g/mol. The van der Waals surface area contributed by atoms with Gasteiger partial charge in [0.1, 0.15) is 11.4 Å². The molecule has 1 aliphatic carbocycles. The molecule has 6 heteroatoms. The number of rotatable bonds is 4. The number of aromatic amines is 1. The molecule has 2 N–H and O–H groups in total. The first-order chi connectivity index (χ1) is 11.2. The van der Waals surface area contributed by atoms with Gasteiger partial charge in [-0.15, -0.1) is 0 Å². The van der Waals surface area contributed by atoms with E-state index in [1.54, 1.807) is 24.5 Å². The zero-order valence-electron chi connectivity index (χ0n) is 12.7. The molecule has 0 aromatic carbocycles. The van der Waals surface area contributed by atoms with E-state index in [1.165, 1.54) is 18.2 Å². The second-order valence-electron chi connectivity index (χ2n) is 5.51. The van der Waals surface area contributed by atoms with E-state index in [-0.39, 0.29) is 5.56 Å². The van der Waals surface area contributed by atoms with Gasteiger partial charge in [-0.1, -0.05) is 11.6 Å². The lowest BCUT2D eigenvalue weighted by Gasteiger charge is -2.13. The molecule has 23 heavy (non-hydrogen) atoms. The third-order valence-electron chi connectivity index (χ3n) is 3.84. The number of aromatic nitrogens is 3. The number of H-pyrrole nitrogens is 1. The summed E-state index contributed by atoms with van der Waals surface area (Å²) in [5.74, 6) is -0.00222. The number of pyridine rings is 1. The van der Waals surface area contributed by atoms with Crippen LogP contribution in [0.2, 0.25) is 0 Å². The molecule has 2 aromatic heterocycles. The maximum atomic E-state index is 12.1. The minimum atomic E-state index is -0.450. The quantitative estimate of drug-likeness (QED) is 0.846. The summed E-state index contributed by atoms with van der Waals surface area (Å²) < 4.78 is 0. The van der Waals surface area contributed by atoms with Gasteiger partial charge in [-0.3, -0.25) is 14.6 Å². The first-order valence-corrected chi connectivity index (χ1v) is 7.70. The van der Waals surface area contributed by atoms with E-state index in [2.05, 4.69) is 26.3 Å². The van der Waals surface area contributed by atoms with E-state index in [9.17, 15) is 9.59 Å². The van der Waals surface area contributed by atoms with Crippen molar-refractivity contribution in [3.8, 4) is 11.4 Å². The summed E-state index contributed by atoms with van der Waals surface area (Å²) in [7, 11) is 0. The Balaban J connectivity index is 1.71. The summed E-state index contributed by atoms with van der Waals surface area (Å²) in [6.45, 7) is 0.489. The number of carbonyl (C=O) groups excluding carboxylic acids is 1. The van der Waals surface area contributed by atoms with Gasteiger partial charge in [-0.05, 0) is 37.8 Å². The molecule has 3 rings (SSSR count). The van der Waals surface area contributed by atoms with E-state index < -0.39 is 11.5 Å². The number of carbonyl (C=O) groups is 1. The third kappa shape index (κ3) is 3.71. The summed E-state index contributed by atoms with van der Waals surface area (Å²) in [5, 5.41) is 2.79. The van der Waals surface area contributed by atoms with Crippen molar-refractivity contribution in [2.45, 2.75) is 25.7 Å². The summed E-state index contributed by atoms with van der Waals surface area (Å²) >= 11 is 0. The highest BCUT2D eigenvalue weighted by Gasteiger charge is 2.13. The topological polar surface area (TPSA) is 87.7 Å². The smallest absolute Gasteiger partial charge is 0.264 e. The van der Waals surface area contributed by atoms with Gasteiger partial charge < -0.3 is 10.3 Å². The van der Waals surface area contributed by atoms with Crippen LogP contribution < -0.4 is 10.9 Å². The van der Waals surface area contributed by atoms with Crippen LogP contribution in [-0.2, 0) is 0 Å². The minimum absolute atomic E-state index is 0.0223. The first kappa shape index (κ1) is 15.1. The highest BCUT2D eigenvalue weighted by Crippen LogP contribution is 2.16. The Hall–Kier alpha value is -2.76. The standard InChI is InChI=1S/C17H18N4O2/c22-16(20-9-12-5-2-1-3-6-12)14-11-19-15(21-17(14)23)13-7-4-8-18-10-13/h4-5,7-8,10-11H,1-3,6,9H2,(H,20,22)(H,19,21,23). The van der Waals surface area contributed by atoms with E-state index >= 15 is 0 Å². The van der Waals surface area contributed by atoms with Gasteiger partial charge in [0.05, 0.1) is 0 Å². The molecule has 0 radical (unpaired) electrons. The van der Waals surface area contributed by atoms with E-state index in [0.29, 0.717) is 17.9 Å². The lowest BCUT2D eigenvalue weighted by Crippen LogP contribution is -2.31. The van der Waals surface area contributed by atoms with Crippen molar-refractivity contribution >= 4 is 5.91 Å². The second-order valence-corrected chi connectivity index (χ2v) is 5.51. The Bertz CT molecular complexity index is 781. The fourth-order valence-corrected chi connectivity index (χ4v) is 2.56. The van der Waals surface area contributed by atoms with Crippen LogP contribution in [0.1, 0.15) is 36.0 Å².